The van der Waals surface area contributed by atoms with Crippen LogP contribution in [-0.4, -0.2) is 23.8 Å². The molecule has 1 unspecified atom stereocenters. The minimum absolute atomic E-state index is 0.125. The Bertz CT molecular complexity index is 123. The maximum atomic E-state index is 10.9. The molecular formula is C9H18O3. The highest BCUT2D eigenvalue weighted by atomic mass is 16.5. The molecule has 0 saturated heterocycles. The number of aliphatic hydroxyl groups is 1. The molecule has 3 heteroatoms. The molecule has 0 heterocycles. The molecule has 0 aromatic rings. The summed E-state index contributed by atoms with van der Waals surface area (Å²) in [6.45, 7) is 4.35. The first-order valence-corrected chi connectivity index (χ1v) is 4.54. The van der Waals surface area contributed by atoms with Crippen LogP contribution in [0.25, 0.3) is 0 Å². The number of carbonyl (C=O) groups excluding carboxylic acids is 1. The number of hydrogen-bond donors (Lipinski definition) is 1. The SMILES string of the molecule is CCCCOC(=O)CC(O)CC. The van der Waals surface area contributed by atoms with Crippen LogP contribution in [0.3, 0.4) is 0 Å². The van der Waals surface area contributed by atoms with Gasteiger partial charge in [0, 0.05) is 0 Å². The topological polar surface area (TPSA) is 46.5 Å². The van der Waals surface area contributed by atoms with Gasteiger partial charge in [0.15, 0.2) is 0 Å². The molecule has 0 aliphatic heterocycles. The van der Waals surface area contributed by atoms with Crippen molar-refractivity contribution in [1.29, 1.82) is 0 Å². The lowest BCUT2D eigenvalue weighted by Gasteiger charge is -2.07. The smallest absolute Gasteiger partial charge is 0.308 e. The van der Waals surface area contributed by atoms with E-state index in [1.807, 2.05) is 13.8 Å². The van der Waals surface area contributed by atoms with Crippen molar-refractivity contribution in [2.75, 3.05) is 6.61 Å². The third-order valence-corrected chi connectivity index (χ3v) is 1.63. The van der Waals surface area contributed by atoms with Crippen LogP contribution >= 0.6 is 0 Å². The standard InChI is InChI=1S/C9H18O3/c1-3-5-6-12-9(11)7-8(10)4-2/h8,10H,3-7H2,1-2H3. The Hall–Kier alpha value is -0.570. The molecule has 0 fully saturated rings. The first-order valence-electron chi connectivity index (χ1n) is 4.54. The van der Waals surface area contributed by atoms with E-state index in [4.69, 9.17) is 9.84 Å². The predicted molar refractivity (Wildman–Crippen MR) is 46.8 cm³/mol. The summed E-state index contributed by atoms with van der Waals surface area (Å²) >= 11 is 0. The summed E-state index contributed by atoms with van der Waals surface area (Å²) in [6.07, 6.45) is 2.10. The molecule has 0 rings (SSSR count). The summed E-state index contributed by atoms with van der Waals surface area (Å²) in [6, 6.07) is 0. The van der Waals surface area contributed by atoms with Gasteiger partial charge in [0.1, 0.15) is 0 Å². The third-order valence-electron chi connectivity index (χ3n) is 1.63. The quantitative estimate of drug-likeness (QED) is 0.490. The molecule has 0 saturated carbocycles. The highest BCUT2D eigenvalue weighted by Gasteiger charge is 2.08. The van der Waals surface area contributed by atoms with Gasteiger partial charge in [-0.25, -0.2) is 0 Å². The molecule has 12 heavy (non-hydrogen) atoms. The van der Waals surface area contributed by atoms with Gasteiger partial charge in [-0.1, -0.05) is 20.3 Å². The highest BCUT2D eigenvalue weighted by molar-refractivity contribution is 5.69. The van der Waals surface area contributed by atoms with Crippen molar-refractivity contribution in [2.24, 2.45) is 0 Å². The van der Waals surface area contributed by atoms with E-state index in [2.05, 4.69) is 0 Å². The summed E-state index contributed by atoms with van der Waals surface area (Å²) in [5, 5.41) is 9.08. The van der Waals surface area contributed by atoms with Crippen molar-refractivity contribution in [2.45, 2.75) is 45.6 Å². The average molecular weight is 174 g/mol. The lowest BCUT2D eigenvalue weighted by molar-refractivity contribution is -0.146. The first-order chi connectivity index (χ1) is 5.70. The maximum absolute atomic E-state index is 10.9. The number of rotatable bonds is 6. The Labute approximate surface area is 73.7 Å². The summed E-state index contributed by atoms with van der Waals surface area (Å²) < 4.78 is 4.86. The van der Waals surface area contributed by atoms with Crippen LogP contribution < -0.4 is 0 Å². The second-order valence-electron chi connectivity index (χ2n) is 2.84. The van der Waals surface area contributed by atoms with Crippen LogP contribution in [0.2, 0.25) is 0 Å². The Balaban J connectivity index is 3.33. The van der Waals surface area contributed by atoms with Gasteiger partial charge in [-0.3, -0.25) is 4.79 Å². The van der Waals surface area contributed by atoms with Crippen molar-refractivity contribution >= 4 is 5.97 Å². The molecule has 3 nitrogen and oxygen atoms in total. The Morgan fingerprint density at radius 1 is 1.50 bits per heavy atom. The van der Waals surface area contributed by atoms with Crippen LogP contribution in [0.1, 0.15) is 39.5 Å². The lowest BCUT2D eigenvalue weighted by atomic mass is 10.2. The van der Waals surface area contributed by atoms with Gasteiger partial charge in [-0.15, -0.1) is 0 Å². The molecule has 0 aromatic heterocycles. The zero-order chi connectivity index (χ0) is 9.40. The summed E-state index contributed by atoms with van der Waals surface area (Å²) in [4.78, 5) is 10.9. The summed E-state index contributed by atoms with van der Waals surface area (Å²) in [5.41, 5.74) is 0. The molecule has 0 aliphatic carbocycles. The fourth-order valence-corrected chi connectivity index (χ4v) is 0.726. The van der Waals surface area contributed by atoms with Gasteiger partial charge >= 0.3 is 5.97 Å². The highest BCUT2D eigenvalue weighted by Crippen LogP contribution is 1.99. The molecule has 72 valence electrons. The first kappa shape index (κ1) is 11.4. The monoisotopic (exact) mass is 174 g/mol. The molecule has 1 N–H and O–H groups in total. The van der Waals surface area contributed by atoms with Crippen molar-refractivity contribution in [3.63, 3.8) is 0 Å². The molecule has 0 radical (unpaired) electrons. The number of hydrogen-bond acceptors (Lipinski definition) is 3. The van der Waals surface area contributed by atoms with Crippen molar-refractivity contribution in [3.05, 3.63) is 0 Å². The fraction of sp³-hybridized carbons (Fsp3) is 0.889. The van der Waals surface area contributed by atoms with Gasteiger partial charge in [-0.05, 0) is 12.8 Å². The minimum Gasteiger partial charge on any atom is -0.466 e. The van der Waals surface area contributed by atoms with Crippen molar-refractivity contribution in [1.82, 2.24) is 0 Å². The van der Waals surface area contributed by atoms with E-state index in [1.54, 1.807) is 0 Å². The fourth-order valence-electron chi connectivity index (χ4n) is 0.726. The molecule has 0 spiro atoms. The molecule has 0 bridgehead atoms. The Kier molecular flexibility index (Phi) is 6.76. The number of carbonyl (C=O) groups is 1. The summed E-state index contributed by atoms with van der Waals surface area (Å²) in [5.74, 6) is -0.294. The average Bonchev–Trinajstić information content (AvgIpc) is 2.05. The number of ether oxygens (including phenoxy) is 1. The zero-order valence-corrected chi connectivity index (χ0v) is 7.88. The van der Waals surface area contributed by atoms with Crippen LogP contribution in [0.15, 0.2) is 0 Å². The number of esters is 1. The zero-order valence-electron chi connectivity index (χ0n) is 7.88. The van der Waals surface area contributed by atoms with Crippen LogP contribution in [0.4, 0.5) is 0 Å². The van der Waals surface area contributed by atoms with Gasteiger partial charge in [0.2, 0.25) is 0 Å². The second kappa shape index (κ2) is 7.10. The van der Waals surface area contributed by atoms with E-state index in [9.17, 15) is 4.79 Å². The van der Waals surface area contributed by atoms with Crippen LogP contribution in [0.5, 0.6) is 0 Å². The van der Waals surface area contributed by atoms with Gasteiger partial charge in [0.25, 0.3) is 0 Å². The van der Waals surface area contributed by atoms with Crippen molar-refractivity contribution in [3.8, 4) is 0 Å². The van der Waals surface area contributed by atoms with E-state index >= 15 is 0 Å². The number of unbranched alkanes of at least 4 members (excludes halogenated alkanes) is 1. The minimum atomic E-state index is -0.542. The van der Waals surface area contributed by atoms with E-state index in [0.29, 0.717) is 13.0 Å². The number of aliphatic hydroxyl groups excluding tert-OH is 1. The molecule has 0 amide bonds. The Morgan fingerprint density at radius 3 is 2.67 bits per heavy atom. The van der Waals surface area contributed by atoms with Gasteiger partial charge < -0.3 is 9.84 Å². The molecule has 0 aromatic carbocycles. The Morgan fingerprint density at radius 2 is 2.17 bits per heavy atom. The predicted octanol–water partition coefficient (Wildman–Crippen LogP) is 1.49. The molecule has 0 aliphatic rings. The summed E-state index contributed by atoms with van der Waals surface area (Å²) in [7, 11) is 0. The second-order valence-corrected chi connectivity index (χ2v) is 2.84. The van der Waals surface area contributed by atoms with E-state index in [-0.39, 0.29) is 12.4 Å². The lowest BCUT2D eigenvalue weighted by Crippen LogP contribution is -2.15. The molecule has 1 atom stereocenters. The van der Waals surface area contributed by atoms with Gasteiger partial charge in [0.05, 0.1) is 19.1 Å². The van der Waals surface area contributed by atoms with Crippen LogP contribution in [0, 0.1) is 0 Å². The van der Waals surface area contributed by atoms with E-state index in [0.717, 1.165) is 12.8 Å². The van der Waals surface area contributed by atoms with Crippen molar-refractivity contribution < 1.29 is 14.6 Å². The van der Waals surface area contributed by atoms with Gasteiger partial charge in [-0.2, -0.15) is 0 Å². The largest absolute Gasteiger partial charge is 0.466 e. The van der Waals surface area contributed by atoms with E-state index < -0.39 is 6.10 Å². The maximum Gasteiger partial charge on any atom is 0.308 e. The normalized spacial score (nSPS) is 12.6. The third kappa shape index (κ3) is 6.16. The van der Waals surface area contributed by atoms with E-state index in [1.165, 1.54) is 0 Å². The van der Waals surface area contributed by atoms with Crippen LogP contribution in [-0.2, 0) is 9.53 Å². The molecular weight excluding hydrogens is 156 g/mol.